The first-order valence-corrected chi connectivity index (χ1v) is 5.51. The van der Waals surface area contributed by atoms with Crippen LogP contribution in [0.4, 0.5) is 0 Å². The van der Waals surface area contributed by atoms with E-state index in [1.54, 1.807) is 0 Å². The molecular weight excluding hydrogens is 208 g/mol. The number of carboxylic acids is 1. The summed E-state index contributed by atoms with van der Waals surface area (Å²) in [5.41, 5.74) is 5.49. The standard InChI is InChI=1S/C11H22N2O3/c1-8(10(15)16)13-9(14)4-5-11(2,3)6-7-12/h8H,4-7,12H2,1-3H3,(H,13,14)(H,15,16). The molecule has 0 heterocycles. The van der Waals surface area contributed by atoms with Crippen LogP contribution in [-0.4, -0.2) is 29.6 Å². The Kier molecular flexibility index (Phi) is 6.03. The second kappa shape index (κ2) is 6.48. The molecular formula is C11H22N2O3. The molecule has 16 heavy (non-hydrogen) atoms. The fraction of sp³-hybridized carbons (Fsp3) is 0.818. The fourth-order valence-electron chi connectivity index (χ4n) is 1.34. The summed E-state index contributed by atoms with van der Waals surface area (Å²) < 4.78 is 0. The van der Waals surface area contributed by atoms with Gasteiger partial charge in [-0.1, -0.05) is 13.8 Å². The van der Waals surface area contributed by atoms with E-state index in [0.717, 1.165) is 6.42 Å². The van der Waals surface area contributed by atoms with Crippen LogP contribution in [0.15, 0.2) is 0 Å². The van der Waals surface area contributed by atoms with Crippen LogP contribution in [-0.2, 0) is 9.59 Å². The predicted octanol–water partition coefficient (Wildman–Crippen LogP) is 0.731. The number of hydrogen-bond donors (Lipinski definition) is 3. The maximum atomic E-state index is 11.4. The van der Waals surface area contributed by atoms with E-state index in [0.29, 0.717) is 19.4 Å². The van der Waals surface area contributed by atoms with Crippen molar-refractivity contribution in [3.63, 3.8) is 0 Å². The van der Waals surface area contributed by atoms with Gasteiger partial charge in [0.2, 0.25) is 5.91 Å². The molecule has 0 saturated heterocycles. The number of amides is 1. The average Bonchev–Trinajstić information content (AvgIpc) is 2.14. The molecule has 0 saturated carbocycles. The Labute approximate surface area is 96.4 Å². The maximum absolute atomic E-state index is 11.4. The van der Waals surface area contributed by atoms with E-state index in [-0.39, 0.29) is 11.3 Å². The van der Waals surface area contributed by atoms with Gasteiger partial charge in [-0.15, -0.1) is 0 Å². The molecule has 5 heteroatoms. The first-order chi connectivity index (χ1) is 7.28. The minimum atomic E-state index is -1.02. The molecule has 1 unspecified atom stereocenters. The van der Waals surface area contributed by atoms with Gasteiger partial charge in [-0.2, -0.15) is 0 Å². The van der Waals surface area contributed by atoms with Crippen molar-refractivity contribution < 1.29 is 14.7 Å². The number of aliphatic carboxylic acids is 1. The molecule has 0 aliphatic carbocycles. The van der Waals surface area contributed by atoms with E-state index in [4.69, 9.17) is 10.8 Å². The zero-order chi connectivity index (χ0) is 12.8. The van der Waals surface area contributed by atoms with Crippen LogP contribution in [0.5, 0.6) is 0 Å². The fourth-order valence-corrected chi connectivity index (χ4v) is 1.34. The molecule has 94 valence electrons. The van der Waals surface area contributed by atoms with Crippen LogP contribution in [0.2, 0.25) is 0 Å². The summed E-state index contributed by atoms with van der Waals surface area (Å²) in [6.07, 6.45) is 1.90. The molecule has 1 amide bonds. The highest BCUT2D eigenvalue weighted by atomic mass is 16.4. The van der Waals surface area contributed by atoms with Gasteiger partial charge in [0.15, 0.2) is 0 Å². The summed E-state index contributed by atoms with van der Waals surface area (Å²) in [5, 5.41) is 11.0. The third-order valence-electron chi connectivity index (χ3n) is 2.60. The molecule has 0 fully saturated rings. The molecule has 5 nitrogen and oxygen atoms in total. The number of hydrogen-bond acceptors (Lipinski definition) is 3. The van der Waals surface area contributed by atoms with Gasteiger partial charge in [0.25, 0.3) is 0 Å². The lowest BCUT2D eigenvalue weighted by molar-refractivity contribution is -0.141. The number of carboxylic acid groups (broad SMARTS) is 1. The molecule has 0 aliphatic heterocycles. The van der Waals surface area contributed by atoms with Gasteiger partial charge in [0, 0.05) is 6.42 Å². The molecule has 4 N–H and O–H groups in total. The van der Waals surface area contributed by atoms with Crippen LogP contribution in [0, 0.1) is 5.41 Å². The van der Waals surface area contributed by atoms with Gasteiger partial charge in [0.05, 0.1) is 0 Å². The lowest BCUT2D eigenvalue weighted by Gasteiger charge is -2.23. The van der Waals surface area contributed by atoms with Gasteiger partial charge in [-0.3, -0.25) is 9.59 Å². The molecule has 0 spiro atoms. The van der Waals surface area contributed by atoms with E-state index in [2.05, 4.69) is 5.32 Å². The Hall–Kier alpha value is -1.10. The van der Waals surface area contributed by atoms with Crippen molar-refractivity contribution in [2.24, 2.45) is 11.1 Å². The zero-order valence-corrected chi connectivity index (χ0v) is 10.2. The van der Waals surface area contributed by atoms with Crippen LogP contribution in [0.1, 0.15) is 40.0 Å². The lowest BCUT2D eigenvalue weighted by Crippen LogP contribution is -2.38. The molecule has 0 radical (unpaired) electrons. The monoisotopic (exact) mass is 230 g/mol. The first-order valence-electron chi connectivity index (χ1n) is 5.51. The molecule has 1 atom stereocenters. The third-order valence-corrected chi connectivity index (χ3v) is 2.60. The van der Waals surface area contributed by atoms with E-state index in [1.807, 2.05) is 13.8 Å². The van der Waals surface area contributed by atoms with Crippen molar-refractivity contribution in [3.8, 4) is 0 Å². The highest BCUT2D eigenvalue weighted by Crippen LogP contribution is 2.25. The number of carbonyl (C=O) groups is 2. The van der Waals surface area contributed by atoms with Crippen molar-refractivity contribution in [3.05, 3.63) is 0 Å². The van der Waals surface area contributed by atoms with E-state index >= 15 is 0 Å². The number of rotatable bonds is 7. The zero-order valence-electron chi connectivity index (χ0n) is 10.2. The second-order valence-corrected chi connectivity index (χ2v) is 4.83. The summed E-state index contributed by atoms with van der Waals surface area (Å²) in [6.45, 7) is 6.15. The summed E-state index contributed by atoms with van der Waals surface area (Å²) >= 11 is 0. The minimum absolute atomic E-state index is 0.0263. The largest absolute Gasteiger partial charge is 0.480 e. The normalized spacial score (nSPS) is 13.2. The van der Waals surface area contributed by atoms with Crippen molar-refractivity contribution >= 4 is 11.9 Å². The van der Waals surface area contributed by atoms with Crippen LogP contribution >= 0.6 is 0 Å². The van der Waals surface area contributed by atoms with Gasteiger partial charge in [-0.25, -0.2) is 0 Å². The molecule has 0 aromatic rings. The second-order valence-electron chi connectivity index (χ2n) is 4.83. The highest BCUT2D eigenvalue weighted by molar-refractivity contribution is 5.83. The van der Waals surface area contributed by atoms with Crippen LogP contribution in [0.25, 0.3) is 0 Å². The Balaban J connectivity index is 3.94. The molecule has 0 aliphatic rings. The van der Waals surface area contributed by atoms with E-state index < -0.39 is 12.0 Å². The van der Waals surface area contributed by atoms with E-state index in [1.165, 1.54) is 6.92 Å². The lowest BCUT2D eigenvalue weighted by atomic mass is 9.84. The summed E-state index contributed by atoms with van der Waals surface area (Å²) in [6, 6.07) is -0.829. The van der Waals surface area contributed by atoms with E-state index in [9.17, 15) is 9.59 Å². The quantitative estimate of drug-likeness (QED) is 0.601. The van der Waals surface area contributed by atoms with Gasteiger partial charge >= 0.3 is 5.97 Å². The van der Waals surface area contributed by atoms with Crippen molar-refractivity contribution in [2.75, 3.05) is 6.54 Å². The smallest absolute Gasteiger partial charge is 0.325 e. The van der Waals surface area contributed by atoms with Gasteiger partial charge in [0.1, 0.15) is 6.04 Å². The van der Waals surface area contributed by atoms with Crippen LogP contribution in [0.3, 0.4) is 0 Å². The highest BCUT2D eigenvalue weighted by Gasteiger charge is 2.20. The maximum Gasteiger partial charge on any atom is 0.325 e. The number of carbonyl (C=O) groups excluding carboxylic acids is 1. The Morgan fingerprint density at radius 3 is 2.38 bits per heavy atom. The molecule has 0 aromatic carbocycles. The number of nitrogens with two attached hydrogens (primary N) is 1. The molecule has 0 rings (SSSR count). The minimum Gasteiger partial charge on any atom is -0.480 e. The SMILES string of the molecule is CC(NC(=O)CCC(C)(C)CCN)C(=O)O. The summed E-state index contributed by atoms with van der Waals surface area (Å²) in [5.74, 6) is -1.24. The molecule has 0 aromatic heterocycles. The molecule has 0 bridgehead atoms. The average molecular weight is 230 g/mol. The number of nitrogens with one attached hydrogen (secondary N) is 1. The van der Waals surface area contributed by atoms with Crippen molar-refractivity contribution in [1.82, 2.24) is 5.32 Å². The topological polar surface area (TPSA) is 92.4 Å². The Bertz CT molecular complexity index is 252. The van der Waals surface area contributed by atoms with Gasteiger partial charge < -0.3 is 16.2 Å². The predicted molar refractivity (Wildman–Crippen MR) is 61.9 cm³/mol. The Morgan fingerprint density at radius 2 is 1.94 bits per heavy atom. The van der Waals surface area contributed by atoms with Crippen LogP contribution < -0.4 is 11.1 Å². The first kappa shape index (κ1) is 14.9. The summed E-state index contributed by atoms with van der Waals surface area (Å²) in [7, 11) is 0. The van der Waals surface area contributed by atoms with Crippen molar-refractivity contribution in [1.29, 1.82) is 0 Å². The third kappa shape index (κ3) is 6.40. The van der Waals surface area contributed by atoms with Gasteiger partial charge in [-0.05, 0) is 31.7 Å². The van der Waals surface area contributed by atoms with Crippen molar-refractivity contribution in [2.45, 2.75) is 46.1 Å². The summed E-state index contributed by atoms with van der Waals surface area (Å²) in [4.78, 5) is 21.9. The Morgan fingerprint density at radius 1 is 1.38 bits per heavy atom.